The molecular formula is C17H23F2NO2. The summed E-state index contributed by atoms with van der Waals surface area (Å²) in [5.74, 6) is 0.920. The Kier molecular flexibility index (Phi) is 6.62. The summed E-state index contributed by atoms with van der Waals surface area (Å²) in [5.41, 5.74) is 0.787. The van der Waals surface area contributed by atoms with Gasteiger partial charge in [-0.2, -0.15) is 8.78 Å². The van der Waals surface area contributed by atoms with Crippen molar-refractivity contribution in [2.75, 3.05) is 6.54 Å². The van der Waals surface area contributed by atoms with E-state index in [0.717, 1.165) is 17.9 Å². The van der Waals surface area contributed by atoms with Crippen LogP contribution in [0.1, 0.15) is 44.1 Å². The zero-order chi connectivity index (χ0) is 15.8. The molecule has 0 atom stereocenters. The summed E-state index contributed by atoms with van der Waals surface area (Å²) in [6.45, 7) is -2.11. The van der Waals surface area contributed by atoms with E-state index in [1.807, 2.05) is 0 Å². The van der Waals surface area contributed by atoms with E-state index >= 15 is 0 Å². The van der Waals surface area contributed by atoms with E-state index in [0.29, 0.717) is 6.54 Å². The average Bonchev–Trinajstić information content (AvgIpc) is 2.98. The van der Waals surface area contributed by atoms with Crippen molar-refractivity contribution in [1.29, 1.82) is 0 Å². The van der Waals surface area contributed by atoms with E-state index in [1.165, 1.54) is 44.2 Å². The molecule has 0 unspecified atom stereocenters. The van der Waals surface area contributed by atoms with Crippen molar-refractivity contribution >= 4 is 5.91 Å². The number of nitrogens with one attached hydrogen (secondary N) is 1. The Labute approximate surface area is 130 Å². The van der Waals surface area contributed by atoms with E-state index < -0.39 is 6.61 Å². The molecule has 2 rings (SSSR count). The molecule has 0 aliphatic heterocycles. The predicted octanol–water partition coefficient (Wildman–Crippen LogP) is 3.92. The number of carbonyl (C=O) groups is 1. The van der Waals surface area contributed by atoms with E-state index in [2.05, 4.69) is 10.1 Å². The van der Waals surface area contributed by atoms with Crippen LogP contribution in [-0.4, -0.2) is 19.1 Å². The topological polar surface area (TPSA) is 38.3 Å². The van der Waals surface area contributed by atoms with Gasteiger partial charge in [0.15, 0.2) is 0 Å². The molecule has 22 heavy (non-hydrogen) atoms. The molecule has 1 fully saturated rings. The number of amides is 1. The third kappa shape index (κ3) is 6.00. The Hall–Kier alpha value is -1.65. The van der Waals surface area contributed by atoms with Gasteiger partial charge in [-0.25, -0.2) is 0 Å². The average molecular weight is 311 g/mol. The van der Waals surface area contributed by atoms with Crippen LogP contribution in [0.2, 0.25) is 0 Å². The Morgan fingerprint density at radius 1 is 1.23 bits per heavy atom. The summed E-state index contributed by atoms with van der Waals surface area (Å²) in [4.78, 5) is 11.8. The van der Waals surface area contributed by atoms with Gasteiger partial charge in [0.2, 0.25) is 5.91 Å². The molecule has 5 heteroatoms. The van der Waals surface area contributed by atoms with Crippen LogP contribution in [0.15, 0.2) is 24.3 Å². The molecule has 1 saturated carbocycles. The first kappa shape index (κ1) is 16.7. The Balaban J connectivity index is 1.63. The largest absolute Gasteiger partial charge is 0.435 e. The molecular weight excluding hydrogens is 288 g/mol. The summed E-state index contributed by atoms with van der Waals surface area (Å²) >= 11 is 0. The summed E-state index contributed by atoms with van der Waals surface area (Å²) in [6, 6.07) is 6.18. The number of carbonyl (C=O) groups excluding carboxylic acids is 1. The van der Waals surface area contributed by atoms with E-state index in [9.17, 15) is 13.6 Å². The predicted molar refractivity (Wildman–Crippen MR) is 81.0 cm³/mol. The summed E-state index contributed by atoms with van der Waals surface area (Å²) in [6.07, 6.45) is 7.85. The summed E-state index contributed by atoms with van der Waals surface area (Å²) in [7, 11) is 0. The zero-order valence-corrected chi connectivity index (χ0v) is 12.7. The Morgan fingerprint density at radius 2 is 1.91 bits per heavy atom. The molecule has 0 aromatic heterocycles. The minimum atomic E-state index is -2.82. The van der Waals surface area contributed by atoms with Crippen molar-refractivity contribution in [3.05, 3.63) is 29.8 Å². The maximum atomic E-state index is 12.0. The van der Waals surface area contributed by atoms with Crippen molar-refractivity contribution in [1.82, 2.24) is 5.32 Å². The number of hydrogen-bond acceptors (Lipinski definition) is 2. The second-order valence-corrected chi connectivity index (χ2v) is 5.84. The third-order valence-electron chi connectivity index (χ3n) is 4.10. The van der Waals surface area contributed by atoms with Gasteiger partial charge in [-0.05, 0) is 36.5 Å². The summed E-state index contributed by atoms with van der Waals surface area (Å²) in [5, 5.41) is 2.91. The third-order valence-corrected chi connectivity index (χ3v) is 4.10. The van der Waals surface area contributed by atoms with Crippen LogP contribution in [0.4, 0.5) is 8.78 Å². The molecule has 3 nitrogen and oxygen atoms in total. The highest BCUT2D eigenvalue weighted by Gasteiger charge is 2.14. The van der Waals surface area contributed by atoms with Crippen LogP contribution in [0.25, 0.3) is 0 Å². The van der Waals surface area contributed by atoms with E-state index in [4.69, 9.17) is 0 Å². The van der Waals surface area contributed by atoms with Crippen molar-refractivity contribution in [2.45, 2.75) is 51.6 Å². The first-order chi connectivity index (χ1) is 10.6. The van der Waals surface area contributed by atoms with Crippen LogP contribution >= 0.6 is 0 Å². The molecule has 0 spiro atoms. The number of halogens is 2. The minimum Gasteiger partial charge on any atom is -0.435 e. The first-order valence-electron chi connectivity index (χ1n) is 7.94. The normalized spacial score (nSPS) is 15.2. The highest BCUT2D eigenvalue weighted by atomic mass is 19.3. The maximum Gasteiger partial charge on any atom is 0.387 e. The fraction of sp³-hybridized carbons (Fsp3) is 0.588. The van der Waals surface area contributed by atoms with Crippen LogP contribution in [-0.2, 0) is 11.2 Å². The lowest BCUT2D eigenvalue weighted by Crippen LogP contribution is -2.26. The number of benzene rings is 1. The van der Waals surface area contributed by atoms with Gasteiger partial charge < -0.3 is 10.1 Å². The van der Waals surface area contributed by atoms with Gasteiger partial charge in [0.25, 0.3) is 0 Å². The molecule has 1 aliphatic rings. The number of hydrogen-bond donors (Lipinski definition) is 1. The molecule has 1 amide bonds. The standard InChI is InChI=1S/C17H23F2NO2/c18-17(19)22-15-9-7-14(8-10-15)12-16(21)20-11-3-6-13-4-1-2-5-13/h7-10,13,17H,1-6,11-12H2,(H,20,21). The van der Waals surface area contributed by atoms with Crippen LogP contribution in [0.3, 0.4) is 0 Å². The lowest BCUT2D eigenvalue weighted by molar-refractivity contribution is -0.120. The smallest absolute Gasteiger partial charge is 0.387 e. The van der Waals surface area contributed by atoms with Crippen molar-refractivity contribution in [2.24, 2.45) is 5.92 Å². The van der Waals surface area contributed by atoms with Gasteiger partial charge in [-0.3, -0.25) is 4.79 Å². The maximum absolute atomic E-state index is 12.0. The lowest BCUT2D eigenvalue weighted by Gasteiger charge is -2.09. The second kappa shape index (κ2) is 8.71. The van der Waals surface area contributed by atoms with Crippen molar-refractivity contribution in [3.8, 4) is 5.75 Å². The number of alkyl halides is 2. The lowest BCUT2D eigenvalue weighted by atomic mass is 10.0. The molecule has 0 heterocycles. The second-order valence-electron chi connectivity index (χ2n) is 5.84. The van der Waals surface area contributed by atoms with Gasteiger partial charge in [-0.1, -0.05) is 37.8 Å². The fourth-order valence-corrected chi connectivity index (χ4v) is 2.95. The van der Waals surface area contributed by atoms with Gasteiger partial charge in [0.05, 0.1) is 6.42 Å². The Morgan fingerprint density at radius 3 is 2.55 bits per heavy atom. The zero-order valence-electron chi connectivity index (χ0n) is 12.7. The molecule has 0 bridgehead atoms. The monoisotopic (exact) mass is 311 g/mol. The van der Waals surface area contributed by atoms with Crippen LogP contribution in [0, 0.1) is 5.92 Å². The van der Waals surface area contributed by atoms with E-state index in [1.54, 1.807) is 12.1 Å². The van der Waals surface area contributed by atoms with Gasteiger partial charge in [0.1, 0.15) is 5.75 Å². The quantitative estimate of drug-likeness (QED) is 0.739. The molecule has 0 saturated heterocycles. The summed E-state index contributed by atoms with van der Waals surface area (Å²) < 4.78 is 28.3. The molecule has 1 aromatic rings. The van der Waals surface area contributed by atoms with Crippen molar-refractivity contribution < 1.29 is 18.3 Å². The van der Waals surface area contributed by atoms with Crippen LogP contribution < -0.4 is 10.1 Å². The fourth-order valence-electron chi connectivity index (χ4n) is 2.95. The molecule has 1 aliphatic carbocycles. The van der Waals surface area contributed by atoms with Gasteiger partial charge >= 0.3 is 6.61 Å². The van der Waals surface area contributed by atoms with Crippen LogP contribution in [0.5, 0.6) is 5.75 Å². The van der Waals surface area contributed by atoms with E-state index in [-0.39, 0.29) is 18.1 Å². The SMILES string of the molecule is O=C(Cc1ccc(OC(F)F)cc1)NCCCC1CCCC1. The highest BCUT2D eigenvalue weighted by Crippen LogP contribution is 2.28. The number of rotatable bonds is 8. The van der Waals surface area contributed by atoms with Gasteiger partial charge in [0, 0.05) is 6.54 Å². The molecule has 1 N–H and O–H groups in total. The Bertz CT molecular complexity index is 456. The van der Waals surface area contributed by atoms with Crippen molar-refractivity contribution in [3.63, 3.8) is 0 Å². The molecule has 122 valence electrons. The first-order valence-corrected chi connectivity index (χ1v) is 7.94. The highest BCUT2D eigenvalue weighted by molar-refractivity contribution is 5.78. The minimum absolute atomic E-state index is 0.0334. The van der Waals surface area contributed by atoms with Gasteiger partial charge in [-0.15, -0.1) is 0 Å². The molecule has 0 radical (unpaired) electrons. The molecule has 1 aromatic carbocycles. The number of ether oxygens (including phenoxy) is 1.